The fourth-order valence-electron chi connectivity index (χ4n) is 1.32. The van der Waals surface area contributed by atoms with E-state index >= 15 is 0 Å². The van der Waals surface area contributed by atoms with Gasteiger partial charge in [-0.25, -0.2) is 14.8 Å². The summed E-state index contributed by atoms with van der Waals surface area (Å²) in [6.07, 6.45) is 2.08. The Morgan fingerprint density at radius 1 is 1.56 bits per heavy atom. The number of ether oxygens (including phenoxy) is 1. The maximum Gasteiger partial charge on any atom is 0.358 e. The Morgan fingerprint density at radius 3 is 2.75 bits per heavy atom. The molecule has 0 saturated heterocycles. The highest BCUT2D eigenvalue weighted by Crippen LogP contribution is 2.38. The minimum Gasteiger partial charge on any atom is -0.464 e. The summed E-state index contributed by atoms with van der Waals surface area (Å²) in [5, 5.41) is 1.51. The van der Waals surface area contributed by atoms with Crippen molar-refractivity contribution in [2.45, 2.75) is 18.8 Å². The Kier molecular flexibility index (Phi) is 3.16. The standard InChI is InChI=1S/C10H9ClN2O2S/c1-15-10(14)8-7(11)6(4-16)12-9(13-8)5-2-3-5/h4-5H,2-3H2,1H3. The molecular formula is C10H9ClN2O2S. The lowest BCUT2D eigenvalue weighted by Crippen LogP contribution is -2.11. The zero-order valence-corrected chi connectivity index (χ0v) is 10.1. The summed E-state index contributed by atoms with van der Waals surface area (Å²) in [6, 6.07) is 0. The van der Waals surface area contributed by atoms with Crippen molar-refractivity contribution in [3.63, 3.8) is 0 Å². The lowest BCUT2D eigenvalue weighted by Gasteiger charge is -2.06. The highest BCUT2D eigenvalue weighted by molar-refractivity contribution is 7.79. The highest BCUT2D eigenvalue weighted by Gasteiger charge is 2.29. The number of hydrogen-bond donors (Lipinski definition) is 0. The van der Waals surface area contributed by atoms with Crippen molar-refractivity contribution >= 4 is 35.2 Å². The van der Waals surface area contributed by atoms with Crippen molar-refractivity contribution in [1.29, 1.82) is 0 Å². The van der Waals surface area contributed by atoms with Gasteiger partial charge in [0.15, 0.2) is 5.69 Å². The first-order chi connectivity index (χ1) is 7.67. The van der Waals surface area contributed by atoms with Gasteiger partial charge in [-0.15, -0.1) is 0 Å². The molecule has 84 valence electrons. The third-order valence-electron chi connectivity index (χ3n) is 2.33. The van der Waals surface area contributed by atoms with Gasteiger partial charge in [0, 0.05) is 11.3 Å². The van der Waals surface area contributed by atoms with E-state index in [1.807, 2.05) is 0 Å². The quantitative estimate of drug-likeness (QED) is 0.613. The van der Waals surface area contributed by atoms with Crippen LogP contribution >= 0.6 is 23.8 Å². The van der Waals surface area contributed by atoms with Crippen molar-refractivity contribution < 1.29 is 9.53 Å². The molecule has 1 fully saturated rings. The maximum atomic E-state index is 11.5. The minimum atomic E-state index is -0.563. The number of hydrogen-bond acceptors (Lipinski definition) is 5. The second-order valence-corrected chi connectivity index (χ2v) is 4.13. The molecular weight excluding hydrogens is 248 g/mol. The molecule has 0 atom stereocenters. The number of halogens is 1. The van der Waals surface area contributed by atoms with Gasteiger partial charge in [0.2, 0.25) is 0 Å². The molecule has 0 N–H and O–H groups in total. The van der Waals surface area contributed by atoms with Gasteiger partial charge in [0.25, 0.3) is 0 Å². The maximum absolute atomic E-state index is 11.5. The van der Waals surface area contributed by atoms with E-state index in [2.05, 4.69) is 14.7 Å². The Balaban J connectivity index is 2.52. The van der Waals surface area contributed by atoms with E-state index in [4.69, 9.17) is 23.8 Å². The van der Waals surface area contributed by atoms with Crippen molar-refractivity contribution in [1.82, 2.24) is 9.97 Å². The van der Waals surface area contributed by atoms with Gasteiger partial charge in [-0.2, -0.15) is 0 Å². The molecule has 0 aliphatic heterocycles. The Labute approximate surface area is 103 Å². The van der Waals surface area contributed by atoms with Crippen LogP contribution in [-0.4, -0.2) is 28.4 Å². The van der Waals surface area contributed by atoms with Crippen molar-refractivity contribution in [3.05, 3.63) is 22.2 Å². The van der Waals surface area contributed by atoms with Crippen LogP contribution in [0.3, 0.4) is 0 Å². The number of thiocarbonyl (C=S) groups is 1. The van der Waals surface area contributed by atoms with Crippen molar-refractivity contribution in [2.75, 3.05) is 7.11 Å². The van der Waals surface area contributed by atoms with Gasteiger partial charge in [0.1, 0.15) is 10.8 Å². The molecule has 1 aromatic heterocycles. The van der Waals surface area contributed by atoms with E-state index in [-0.39, 0.29) is 10.7 Å². The average Bonchev–Trinajstić information content (AvgIpc) is 3.12. The molecule has 0 spiro atoms. The SMILES string of the molecule is COC(=O)c1nc(C2CC2)nc(C=S)c1Cl. The third-order valence-corrected chi connectivity index (χ3v) is 2.92. The van der Waals surface area contributed by atoms with E-state index in [1.165, 1.54) is 12.5 Å². The molecule has 16 heavy (non-hydrogen) atoms. The lowest BCUT2D eigenvalue weighted by atomic mass is 10.3. The summed E-state index contributed by atoms with van der Waals surface area (Å²) in [7, 11) is 1.29. The number of esters is 1. The smallest absolute Gasteiger partial charge is 0.358 e. The van der Waals surface area contributed by atoms with E-state index in [9.17, 15) is 4.79 Å². The minimum absolute atomic E-state index is 0.0946. The number of nitrogens with zero attached hydrogens (tertiary/aromatic N) is 2. The zero-order chi connectivity index (χ0) is 11.7. The second kappa shape index (κ2) is 4.43. The number of carbonyl (C=O) groups excluding carboxylic acids is 1. The Bertz CT molecular complexity index is 460. The van der Waals surface area contributed by atoms with Crippen LogP contribution in [0.2, 0.25) is 5.02 Å². The monoisotopic (exact) mass is 256 g/mol. The molecule has 1 aromatic rings. The summed E-state index contributed by atoms with van der Waals surface area (Å²) in [5.74, 6) is 0.391. The first kappa shape index (κ1) is 11.4. The molecule has 1 aliphatic rings. The molecule has 1 heterocycles. The first-order valence-corrected chi connectivity index (χ1v) is 5.63. The predicted molar refractivity (Wildman–Crippen MR) is 63.1 cm³/mol. The van der Waals surface area contributed by atoms with E-state index < -0.39 is 5.97 Å². The molecule has 0 aromatic carbocycles. The van der Waals surface area contributed by atoms with Gasteiger partial charge < -0.3 is 4.74 Å². The van der Waals surface area contributed by atoms with Gasteiger partial charge in [-0.1, -0.05) is 23.8 Å². The lowest BCUT2D eigenvalue weighted by molar-refractivity contribution is 0.0593. The first-order valence-electron chi connectivity index (χ1n) is 4.78. The molecule has 2 rings (SSSR count). The van der Waals surface area contributed by atoms with E-state index in [1.54, 1.807) is 0 Å². The fraction of sp³-hybridized carbons (Fsp3) is 0.400. The fourth-order valence-corrected chi connectivity index (χ4v) is 1.77. The molecule has 0 amide bonds. The summed E-state index contributed by atoms with van der Waals surface area (Å²) in [4.78, 5) is 19.8. The summed E-state index contributed by atoms with van der Waals surface area (Å²) in [5.41, 5.74) is 0.506. The third kappa shape index (κ3) is 2.05. The van der Waals surface area contributed by atoms with Crippen LogP contribution in [0.25, 0.3) is 0 Å². The van der Waals surface area contributed by atoms with Gasteiger partial charge in [-0.3, -0.25) is 0 Å². The topological polar surface area (TPSA) is 52.1 Å². The Morgan fingerprint density at radius 2 is 2.25 bits per heavy atom. The van der Waals surface area contributed by atoms with Crippen LogP contribution in [0.4, 0.5) is 0 Å². The number of aromatic nitrogens is 2. The van der Waals surface area contributed by atoms with Crippen molar-refractivity contribution in [3.8, 4) is 0 Å². The van der Waals surface area contributed by atoms with Crippen LogP contribution < -0.4 is 0 Å². The second-order valence-electron chi connectivity index (χ2n) is 3.51. The van der Waals surface area contributed by atoms with Crippen LogP contribution in [0.1, 0.15) is 40.8 Å². The van der Waals surface area contributed by atoms with Crippen molar-refractivity contribution in [2.24, 2.45) is 0 Å². The molecule has 0 radical (unpaired) electrons. The van der Waals surface area contributed by atoms with E-state index in [0.717, 1.165) is 12.8 Å². The van der Waals surface area contributed by atoms with Gasteiger partial charge in [-0.05, 0) is 12.8 Å². The number of carbonyl (C=O) groups is 1. The predicted octanol–water partition coefficient (Wildman–Crippen LogP) is 2.14. The van der Waals surface area contributed by atoms with Gasteiger partial charge >= 0.3 is 5.97 Å². The van der Waals surface area contributed by atoms with Crippen LogP contribution in [0.5, 0.6) is 0 Å². The molecule has 6 heteroatoms. The van der Waals surface area contributed by atoms with Gasteiger partial charge in [0.05, 0.1) is 12.8 Å². The average molecular weight is 257 g/mol. The normalized spacial score (nSPS) is 14.6. The van der Waals surface area contributed by atoms with Crippen LogP contribution in [0.15, 0.2) is 0 Å². The molecule has 0 bridgehead atoms. The Hall–Kier alpha value is -1.07. The summed E-state index contributed by atoms with van der Waals surface area (Å²) < 4.78 is 4.61. The number of rotatable bonds is 3. The molecule has 0 unspecified atom stereocenters. The largest absolute Gasteiger partial charge is 0.464 e. The molecule has 1 aliphatic carbocycles. The summed E-state index contributed by atoms with van der Waals surface area (Å²) in [6.45, 7) is 0. The molecule has 4 nitrogen and oxygen atoms in total. The highest BCUT2D eigenvalue weighted by atomic mass is 35.5. The van der Waals surface area contributed by atoms with E-state index in [0.29, 0.717) is 17.4 Å². The van der Waals surface area contributed by atoms with Crippen LogP contribution in [0, 0.1) is 0 Å². The molecule has 1 saturated carbocycles. The number of methoxy groups -OCH3 is 1. The van der Waals surface area contributed by atoms with Crippen LogP contribution in [-0.2, 0) is 4.74 Å². The summed E-state index contributed by atoms with van der Waals surface area (Å²) >= 11 is 10.8. The zero-order valence-electron chi connectivity index (χ0n) is 8.57.